The molecule has 9 nitrogen and oxygen atoms in total. The van der Waals surface area contributed by atoms with Crippen molar-refractivity contribution in [2.75, 3.05) is 5.32 Å². The first kappa shape index (κ1) is 15.3. The van der Waals surface area contributed by atoms with E-state index in [1.165, 1.54) is 18.7 Å². The summed E-state index contributed by atoms with van der Waals surface area (Å²) in [4.78, 5) is 34.6. The SMILES string of the molecule is O=C(O)c1nccnc1C(=O)Nc1ccc(Cn2cncn2)cc1. The number of aromatic carboxylic acids is 1. The van der Waals surface area contributed by atoms with Crippen LogP contribution in [0.5, 0.6) is 0 Å². The molecule has 3 rings (SSSR count). The molecular weight excluding hydrogens is 312 g/mol. The van der Waals surface area contributed by atoms with Crippen LogP contribution in [0.4, 0.5) is 5.69 Å². The molecular formula is C15H12N6O3. The topological polar surface area (TPSA) is 123 Å². The van der Waals surface area contributed by atoms with Gasteiger partial charge >= 0.3 is 5.97 Å². The van der Waals surface area contributed by atoms with Gasteiger partial charge in [-0.3, -0.25) is 4.79 Å². The van der Waals surface area contributed by atoms with Crippen molar-refractivity contribution >= 4 is 17.6 Å². The fraction of sp³-hybridized carbons (Fsp3) is 0.0667. The summed E-state index contributed by atoms with van der Waals surface area (Å²) in [5, 5.41) is 15.7. The van der Waals surface area contributed by atoms with Crippen molar-refractivity contribution in [3.05, 3.63) is 66.3 Å². The summed E-state index contributed by atoms with van der Waals surface area (Å²) in [5.74, 6) is -1.94. The average Bonchev–Trinajstić information content (AvgIpc) is 3.09. The Balaban J connectivity index is 1.72. The van der Waals surface area contributed by atoms with E-state index in [0.717, 1.165) is 5.56 Å². The van der Waals surface area contributed by atoms with E-state index < -0.39 is 17.6 Å². The van der Waals surface area contributed by atoms with Gasteiger partial charge in [0.25, 0.3) is 5.91 Å². The first-order chi connectivity index (χ1) is 11.6. The normalized spacial score (nSPS) is 10.3. The number of nitrogens with one attached hydrogen (secondary N) is 1. The van der Waals surface area contributed by atoms with E-state index in [-0.39, 0.29) is 5.69 Å². The minimum atomic E-state index is -1.31. The number of carbonyl (C=O) groups excluding carboxylic acids is 1. The van der Waals surface area contributed by atoms with Gasteiger partial charge in [0.05, 0.1) is 6.54 Å². The van der Waals surface area contributed by atoms with E-state index in [1.54, 1.807) is 23.1 Å². The number of amides is 1. The first-order valence-corrected chi connectivity index (χ1v) is 6.90. The zero-order valence-corrected chi connectivity index (χ0v) is 12.3. The Bertz CT molecular complexity index is 861. The number of rotatable bonds is 5. The number of anilines is 1. The quantitative estimate of drug-likeness (QED) is 0.719. The van der Waals surface area contributed by atoms with Crippen LogP contribution in [0.25, 0.3) is 0 Å². The van der Waals surface area contributed by atoms with Gasteiger partial charge in [-0.25, -0.2) is 24.4 Å². The minimum Gasteiger partial charge on any atom is -0.476 e. The summed E-state index contributed by atoms with van der Waals surface area (Å²) in [6.07, 6.45) is 5.55. The summed E-state index contributed by atoms with van der Waals surface area (Å²) >= 11 is 0. The highest BCUT2D eigenvalue weighted by molar-refractivity contribution is 6.08. The molecule has 0 saturated heterocycles. The number of aromatic nitrogens is 5. The monoisotopic (exact) mass is 324 g/mol. The lowest BCUT2D eigenvalue weighted by Crippen LogP contribution is -2.19. The average molecular weight is 324 g/mol. The van der Waals surface area contributed by atoms with Crippen molar-refractivity contribution in [1.82, 2.24) is 24.7 Å². The smallest absolute Gasteiger partial charge is 0.356 e. The van der Waals surface area contributed by atoms with Crippen molar-refractivity contribution in [2.45, 2.75) is 6.54 Å². The maximum absolute atomic E-state index is 12.2. The molecule has 0 aliphatic rings. The first-order valence-electron chi connectivity index (χ1n) is 6.90. The van der Waals surface area contributed by atoms with E-state index in [9.17, 15) is 9.59 Å². The predicted molar refractivity (Wildman–Crippen MR) is 82.5 cm³/mol. The Morgan fingerprint density at radius 2 is 1.79 bits per heavy atom. The molecule has 0 saturated carbocycles. The number of benzene rings is 1. The molecule has 120 valence electrons. The van der Waals surface area contributed by atoms with Crippen LogP contribution in [0.2, 0.25) is 0 Å². The van der Waals surface area contributed by atoms with Crippen LogP contribution < -0.4 is 5.32 Å². The highest BCUT2D eigenvalue weighted by Crippen LogP contribution is 2.12. The lowest BCUT2D eigenvalue weighted by molar-refractivity contribution is 0.0685. The van der Waals surface area contributed by atoms with Crippen LogP contribution in [0.3, 0.4) is 0 Å². The molecule has 0 atom stereocenters. The van der Waals surface area contributed by atoms with E-state index >= 15 is 0 Å². The highest BCUT2D eigenvalue weighted by atomic mass is 16.4. The second kappa shape index (κ2) is 6.65. The molecule has 0 unspecified atom stereocenters. The maximum Gasteiger partial charge on any atom is 0.356 e. The molecule has 1 aromatic carbocycles. The molecule has 0 fully saturated rings. The molecule has 9 heteroatoms. The molecule has 2 heterocycles. The van der Waals surface area contributed by atoms with Gasteiger partial charge in [-0.2, -0.15) is 5.10 Å². The molecule has 0 radical (unpaired) electrons. The Morgan fingerprint density at radius 3 is 2.42 bits per heavy atom. The van der Waals surface area contributed by atoms with Gasteiger partial charge in [-0.1, -0.05) is 12.1 Å². The summed E-state index contributed by atoms with van der Waals surface area (Å²) in [7, 11) is 0. The predicted octanol–water partition coefficient (Wildman–Crippen LogP) is 1.07. The van der Waals surface area contributed by atoms with Crippen LogP contribution in [-0.2, 0) is 6.54 Å². The van der Waals surface area contributed by atoms with Crippen molar-refractivity contribution in [2.24, 2.45) is 0 Å². The molecule has 0 aliphatic carbocycles. The molecule has 2 aromatic heterocycles. The molecule has 1 amide bonds. The largest absolute Gasteiger partial charge is 0.476 e. The third-order valence-corrected chi connectivity index (χ3v) is 3.14. The summed E-state index contributed by atoms with van der Waals surface area (Å²) in [5.41, 5.74) is 0.864. The maximum atomic E-state index is 12.2. The van der Waals surface area contributed by atoms with Gasteiger partial charge in [-0.15, -0.1) is 0 Å². The molecule has 0 spiro atoms. The molecule has 0 bridgehead atoms. The van der Waals surface area contributed by atoms with Crippen LogP contribution in [0.15, 0.2) is 49.3 Å². The van der Waals surface area contributed by atoms with Crippen molar-refractivity contribution in [3.8, 4) is 0 Å². The van der Waals surface area contributed by atoms with Gasteiger partial charge in [0, 0.05) is 18.1 Å². The lowest BCUT2D eigenvalue weighted by Gasteiger charge is -2.07. The molecule has 2 N–H and O–H groups in total. The van der Waals surface area contributed by atoms with Gasteiger partial charge in [0.1, 0.15) is 12.7 Å². The van der Waals surface area contributed by atoms with Gasteiger partial charge < -0.3 is 10.4 Å². The fourth-order valence-electron chi connectivity index (χ4n) is 2.05. The van der Waals surface area contributed by atoms with Crippen molar-refractivity contribution < 1.29 is 14.7 Å². The second-order valence-electron chi connectivity index (χ2n) is 4.80. The summed E-state index contributed by atoms with van der Waals surface area (Å²) in [6, 6.07) is 7.07. The van der Waals surface area contributed by atoms with Crippen LogP contribution in [0, 0.1) is 0 Å². The third-order valence-electron chi connectivity index (χ3n) is 3.14. The highest BCUT2D eigenvalue weighted by Gasteiger charge is 2.19. The van der Waals surface area contributed by atoms with E-state index in [1.807, 2.05) is 12.1 Å². The summed E-state index contributed by atoms with van der Waals surface area (Å²) < 4.78 is 1.67. The number of hydrogen-bond donors (Lipinski definition) is 2. The van der Waals surface area contributed by atoms with Gasteiger partial charge in [-0.05, 0) is 17.7 Å². The lowest BCUT2D eigenvalue weighted by atomic mass is 10.2. The Labute approximate surface area is 136 Å². The van der Waals surface area contributed by atoms with Crippen LogP contribution in [-0.4, -0.2) is 41.7 Å². The second-order valence-corrected chi connectivity index (χ2v) is 4.80. The number of nitrogens with zero attached hydrogens (tertiary/aromatic N) is 5. The summed E-state index contributed by atoms with van der Waals surface area (Å²) in [6.45, 7) is 0.557. The van der Waals surface area contributed by atoms with Gasteiger partial charge in [0.15, 0.2) is 11.4 Å². The molecule has 3 aromatic rings. The minimum absolute atomic E-state index is 0.239. The fourth-order valence-corrected chi connectivity index (χ4v) is 2.05. The molecule has 0 aliphatic heterocycles. The Hall–Kier alpha value is -3.62. The zero-order chi connectivity index (χ0) is 16.9. The van der Waals surface area contributed by atoms with Crippen LogP contribution in [0.1, 0.15) is 26.5 Å². The third kappa shape index (κ3) is 3.40. The number of carboxylic acids is 1. The van der Waals surface area contributed by atoms with E-state index in [2.05, 4.69) is 25.4 Å². The van der Waals surface area contributed by atoms with E-state index in [4.69, 9.17) is 5.11 Å². The van der Waals surface area contributed by atoms with Crippen molar-refractivity contribution in [3.63, 3.8) is 0 Å². The van der Waals surface area contributed by atoms with Crippen molar-refractivity contribution in [1.29, 1.82) is 0 Å². The van der Waals surface area contributed by atoms with E-state index in [0.29, 0.717) is 12.2 Å². The van der Waals surface area contributed by atoms with Crippen LogP contribution >= 0.6 is 0 Å². The number of hydrogen-bond acceptors (Lipinski definition) is 6. The number of carboxylic acid groups (broad SMARTS) is 1. The Morgan fingerprint density at radius 1 is 1.08 bits per heavy atom. The Kier molecular flexibility index (Phi) is 4.23. The van der Waals surface area contributed by atoms with Gasteiger partial charge in [0.2, 0.25) is 0 Å². The zero-order valence-electron chi connectivity index (χ0n) is 12.3. The standard InChI is InChI=1S/C15H12N6O3/c22-14(12-13(15(23)24)18-6-5-17-12)20-11-3-1-10(2-4-11)7-21-9-16-8-19-21/h1-6,8-9H,7H2,(H,20,22)(H,23,24). The number of carbonyl (C=O) groups is 2. The molecule has 24 heavy (non-hydrogen) atoms.